The van der Waals surface area contributed by atoms with Crippen LogP contribution in [0.1, 0.15) is 38.5 Å². The van der Waals surface area contributed by atoms with Crippen molar-refractivity contribution in [3.63, 3.8) is 0 Å². The number of carboxylic acid groups (broad SMARTS) is 2. The van der Waals surface area contributed by atoms with Crippen LogP contribution in [0.3, 0.4) is 0 Å². The molecule has 0 aliphatic carbocycles. The average molecular weight is 329 g/mol. The maximum absolute atomic E-state index is 11.7. The molecule has 1 unspecified atom stereocenters. The number of rotatable bonds is 12. The van der Waals surface area contributed by atoms with Crippen molar-refractivity contribution in [1.29, 1.82) is 0 Å². The van der Waals surface area contributed by atoms with Crippen molar-refractivity contribution < 1.29 is 33.8 Å². The molecule has 23 heavy (non-hydrogen) atoms. The molecular formula is C16H27NO6. The van der Waals surface area contributed by atoms with Crippen molar-refractivity contribution in [2.24, 2.45) is 0 Å². The number of aliphatic carboxylic acids is 2. The number of nitrogens with zero attached hydrogens (tertiary/aromatic N) is 1. The number of allylic oxidation sites excluding steroid dienone is 1. The van der Waals surface area contributed by atoms with Crippen LogP contribution in [0.4, 0.5) is 0 Å². The van der Waals surface area contributed by atoms with E-state index >= 15 is 0 Å². The Morgan fingerprint density at radius 3 is 2.35 bits per heavy atom. The van der Waals surface area contributed by atoms with Crippen LogP contribution in [0.5, 0.6) is 0 Å². The quantitative estimate of drug-likeness (QED) is 0.240. The minimum Gasteiger partial charge on any atom is -0.550 e. The Morgan fingerprint density at radius 1 is 1.17 bits per heavy atom. The summed E-state index contributed by atoms with van der Waals surface area (Å²) in [7, 11) is 5.63. The Balaban J connectivity index is 4.13. The lowest BCUT2D eigenvalue weighted by Crippen LogP contribution is -2.45. The maximum Gasteiger partial charge on any atom is 0.330 e. The Kier molecular flexibility index (Phi) is 9.89. The number of carbonyl (C=O) groups is 3. The van der Waals surface area contributed by atoms with E-state index in [0.717, 1.165) is 12.8 Å². The fourth-order valence-electron chi connectivity index (χ4n) is 2.04. The summed E-state index contributed by atoms with van der Waals surface area (Å²) < 4.78 is 5.63. The Bertz CT molecular complexity index is 425. The molecule has 0 aromatic rings. The number of likely N-dealkylation sites (N-methyl/N-ethyl adjacent to an activating group) is 1. The van der Waals surface area contributed by atoms with Gasteiger partial charge >= 0.3 is 11.9 Å². The molecule has 0 fully saturated rings. The van der Waals surface area contributed by atoms with Gasteiger partial charge in [-0.25, -0.2) is 4.79 Å². The number of unbranched alkanes of at least 4 members (excludes halogenated alkanes) is 3. The maximum atomic E-state index is 11.7. The van der Waals surface area contributed by atoms with E-state index in [1.807, 2.05) is 21.1 Å². The summed E-state index contributed by atoms with van der Waals surface area (Å²) in [5.74, 6) is -2.63. The van der Waals surface area contributed by atoms with Crippen molar-refractivity contribution in [1.82, 2.24) is 0 Å². The van der Waals surface area contributed by atoms with Crippen LogP contribution in [0.25, 0.3) is 0 Å². The highest BCUT2D eigenvalue weighted by Crippen LogP contribution is 2.07. The van der Waals surface area contributed by atoms with Crippen molar-refractivity contribution >= 4 is 17.9 Å². The van der Waals surface area contributed by atoms with Gasteiger partial charge < -0.3 is 24.2 Å². The van der Waals surface area contributed by atoms with Gasteiger partial charge in [0.2, 0.25) is 0 Å². The summed E-state index contributed by atoms with van der Waals surface area (Å²) in [5.41, 5.74) is 0. The second-order valence-corrected chi connectivity index (χ2v) is 6.50. The lowest BCUT2D eigenvalue weighted by Gasteiger charge is -2.29. The van der Waals surface area contributed by atoms with Gasteiger partial charge in [0.05, 0.1) is 21.1 Å². The molecular weight excluding hydrogens is 302 g/mol. The number of hydrogen-bond donors (Lipinski definition) is 1. The molecule has 0 amide bonds. The summed E-state index contributed by atoms with van der Waals surface area (Å²) >= 11 is 0. The summed E-state index contributed by atoms with van der Waals surface area (Å²) in [6.07, 6.45) is 4.87. The zero-order valence-corrected chi connectivity index (χ0v) is 14.1. The molecule has 0 aromatic heterocycles. The van der Waals surface area contributed by atoms with Crippen molar-refractivity contribution in [2.45, 2.75) is 44.6 Å². The average Bonchev–Trinajstić information content (AvgIpc) is 2.34. The standard InChI is InChI=1S/C16H27NO6/c1-17(2,3)12-13(11-15(20)21)23-16(22)10-8-6-4-5-7-9-14(18)19/h8,10,13H,4-7,9,11-12H2,1-3H3,(H-,18,19,20,21)/b10-8+. The second-order valence-electron chi connectivity index (χ2n) is 6.50. The predicted octanol–water partition coefficient (Wildman–Crippen LogP) is 0.336. The van der Waals surface area contributed by atoms with Crippen molar-refractivity contribution in [2.75, 3.05) is 27.7 Å². The summed E-state index contributed by atoms with van der Waals surface area (Å²) in [6.45, 7) is 0.378. The summed E-state index contributed by atoms with van der Waals surface area (Å²) in [4.78, 5) is 32.7. The molecule has 0 bridgehead atoms. The topological polar surface area (TPSA) is 104 Å². The highest BCUT2D eigenvalue weighted by atomic mass is 16.5. The lowest BCUT2D eigenvalue weighted by molar-refractivity contribution is -0.873. The van der Waals surface area contributed by atoms with E-state index in [4.69, 9.17) is 9.84 Å². The zero-order valence-electron chi connectivity index (χ0n) is 14.1. The third kappa shape index (κ3) is 14.8. The van der Waals surface area contributed by atoms with Gasteiger partial charge in [0, 0.05) is 24.9 Å². The number of carbonyl (C=O) groups excluding carboxylic acids is 2. The smallest absolute Gasteiger partial charge is 0.330 e. The zero-order chi connectivity index (χ0) is 17.9. The first-order chi connectivity index (χ1) is 10.6. The highest BCUT2D eigenvalue weighted by molar-refractivity contribution is 5.82. The molecule has 0 spiro atoms. The van der Waals surface area contributed by atoms with Gasteiger partial charge in [-0.3, -0.25) is 4.79 Å². The van der Waals surface area contributed by atoms with E-state index in [1.165, 1.54) is 6.08 Å². The minimum absolute atomic E-state index is 0.154. The predicted molar refractivity (Wildman–Crippen MR) is 82.3 cm³/mol. The highest BCUT2D eigenvalue weighted by Gasteiger charge is 2.21. The monoisotopic (exact) mass is 329 g/mol. The van der Waals surface area contributed by atoms with E-state index < -0.39 is 24.0 Å². The SMILES string of the molecule is C[N+](C)(C)CC(CC(=O)[O-])OC(=O)/C=C/CCCCCC(=O)O. The molecule has 0 saturated heterocycles. The fraction of sp³-hybridized carbons (Fsp3) is 0.688. The van der Waals surface area contributed by atoms with Crippen LogP contribution >= 0.6 is 0 Å². The lowest BCUT2D eigenvalue weighted by atomic mass is 10.1. The Morgan fingerprint density at radius 2 is 1.83 bits per heavy atom. The van der Waals surface area contributed by atoms with Gasteiger partial charge in [-0.2, -0.15) is 0 Å². The van der Waals surface area contributed by atoms with Gasteiger partial charge in [-0.15, -0.1) is 0 Å². The molecule has 0 aliphatic rings. The van der Waals surface area contributed by atoms with E-state index in [1.54, 1.807) is 6.08 Å². The first-order valence-corrected chi connectivity index (χ1v) is 7.69. The molecule has 7 heteroatoms. The van der Waals surface area contributed by atoms with E-state index in [9.17, 15) is 19.5 Å². The van der Waals surface area contributed by atoms with Crippen LogP contribution in [0.15, 0.2) is 12.2 Å². The van der Waals surface area contributed by atoms with Crippen molar-refractivity contribution in [3.8, 4) is 0 Å². The van der Waals surface area contributed by atoms with Crippen LogP contribution in [0, 0.1) is 0 Å². The van der Waals surface area contributed by atoms with Gasteiger partial charge in [-0.05, 0) is 19.3 Å². The van der Waals surface area contributed by atoms with Gasteiger partial charge in [0.1, 0.15) is 6.54 Å². The number of esters is 1. The molecule has 0 radical (unpaired) electrons. The van der Waals surface area contributed by atoms with Crippen LogP contribution in [0.2, 0.25) is 0 Å². The molecule has 0 saturated carbocycles. The normalized spacial score (nSPS) is 13.0. The largest absolute Gasteiger partial charge is 0.550 e. The van der Waals surface area contributed by atoms with Gasteiger partial charge in [-0.1, -0.05) is 12.5 Å². The van der Waals surface area contributed by atoms with E-state index in [0.29, 0.717) is 23.9 Å². The van der Waals surface area contributed by atoms with Crippen LogP contribution in [-0.4, -0.2) is 61.3 Å². The molecule has 0 heterocycles. The molecule has 1 N–H and O–H groups in total. The number of carboxylic acids is 2. The first-order valence-electron chi connectivity index (χ1n) is 7.69. The molecule has 0 rings (SSSR count). The Labute approximate surface area is 137 Å². The van der Waals surface area contributed by atoms with E-state index in [-0.39, 0.29) is 12.8 Å². The number of ether oxygens (including phenoxy) is 1. The van der Waals surface area contributed by atoms with Crippen molar-refractivity contribution in [3.05, 3.63) is 12.2 Å². The van der Waals surface area contributed by atoms with Crippen LogP contribution in [-0.2, 0) is 19.1 Å². The third-order valence-corrected chi connectivity index (χ3v) is 2.94. The number of hydrogen-bond acceptors (Lipinski definition) is 5. The molecule has 0 aromatic carbocycles. The molecule has 132 valence electrons. The molecule has 7 nitrogen and oxygen atoms in total. The number of quaternary nitrogens is 1. The summed E-state index contributed by atoms with van der Waals surface area (Å²) in [5, 5.41) is 19.2. The van der Waals surface area contributed by atoms with Gasteiger partial charge in [0.25, 0.3) is 0 Å². The van der Waals surface area contributed by atoms with Crippen LogP contribution < -0.4 is 5.11 Å². The summed E-state index contributed by atoms with van der Waals surface area (Å²) in [6, 6.07) is 0. The molecule has 1 atom stereocenters. The molecule has 0 aliphatic heterocycles. The van der Waals surface area contributed by atoms with Gasteiger partial charge in [0.15, 0.2) is 6.10 Å². The van der Waals surface area contributed by atoms with E-state index in [2.05, 4.69) is 0 Å². The Hall–Kier alpha value is -1.89. The minimum atomic E-state index is -1.25. The fourth-order valence-corrected chi connectivity index (χ4v) is 2.04. The second kappa shape index (κ2) is 10.8. The first kappa shape index (κ1) is 21.1. The third-order valence-electron chi connectivity index (χ3n) is 2.94.